The van der Waals surface area contributed by atoms with Gasteiger partial charge in [0.15, 0.2) is 0 Å². The van der Waals surface area contributed by atoms with Gasteiger partial charge in [-0.15, -0.1) is 0 Å². The molecule has 1 unspecified atom stereocenters. The van der Waals surface area contributed by atoms with Crippen molar-refractivity contribution >= 4 is 21.6 Å². The van der Waals surface area contributed by atoms with Crippen molar-refractivity contribution < 1.29 is 13.2 Å². The van der Waals surface area contributed by atoms with Crippen LogP contribution in [0.1, 0.15) is 22.7 Å². The van der Waals surface area contributed by atoms with Crippen molar-refractivity contribution in [3.05, 3.63) is 65.2 Å². The Hall–Kier alpha value is -2.34. The summed E-state index contributed by atoms with van der Waals surface area (Å²) in [6.07, 6.45) is 1.16. The van der Waals surface area contributed by atoms with Crippen LogP contribution in [0.2, 0.25) is 0 Å². The molecule has 1 atom stereocenters. The summed E-state index contributed by atoms with van der Waals surface area (Å²) in [4.78, 5) is 12.4. The fourth-order valence-electron chi connectivity index (χ4n) is 2.53. The van der Waals surface area contributed by atoms with Gasteiger partial charge in [-0.2, -0.15) is 0 Å². The highest BCUT2D eigenvalue weighted by Gasteiger charge is 2.20. The minimum absolute atomic E-state index is 0.156. The summed E-state index contributed by atoms with van der Waals surface area (Å²) in [7, 11) is -3.25. The van der Waals surface area contributed by atoms with Crippen LogP contribution in [-0.2, 0) is 9.84 Å². The zero-order valence-corrected chi connectivity index (χ0v) is 14.9. The largest absolute Gasteiger partial charge is 0.330 e. The number of urea groups is 1. The topological polar surface area (TPSA) is 75.3 Å². The van der Waals surface area contributed by atoms with Gasteiger partial charge in [0.2, 0.25) is 0 Å². The minimum atomic E-state index is -3.25. The molecule has 24 heavy (non-hydrogen) atoms. The van der Waals surface area contributed by atoms with Crippen LogP contribution in [0.4, 0.5) is 10.5 Å². The molecule has 2 amide bonds. The number of carbonyl (C=O) groups excluding carboxylic acids is 1. The number of hydrogen-bond donors (Lipinski definition) is 2. The molecule has 0 aliphatic rings. The zero-order valence-electron chi connectivity index (χ0n) is 14.0. The van der Waals surface area contributed by atoms with E-state index in [0.29, 0.717) is 0 Å². The fourth-order valence-corrected chi connectivity index (χ4v) is 3.41. The molecule has 5 nitrogen and oxygen atoms in total. The predicted octanol–water partition coefficient (Wildman–Crippen LogP) is 3.21. The normalized spacial score (nSPS) is 12.5. The first-order valence-electron chi connectivity index (χ1n) is 7.62. The highest BCUT2D eigenvalue weighted by atomic mass is 32.2. The second-order valence-electron chi connectivity index (χ2n) is 5.92. The van der Waals surface area contributed by atoms with Gasteiger partial charge >= 0.3 is 6.03 Å². The molecule has 2 rings (SSSR count). The Balaban J connectivity index is 2.18. The molecule has 2 N–H and O–H groups in total. The third-order valence-corrected chi connectivity index (χ3v) is 4.64. The van der Waals surface area contributed by atoms with E-state index in [1.165, 1.54) is 0 Å². The fraction of sp³-hybridized carbons (Fsp3) is 0.278. The van der Waals surface area contributed by atoms with Gasteiger partial charge in [0.05, 0.1) is 11.8 Å². The summed E-state index contributed by atoms with van der Waals surface area (Å²) in [5, 5.41) is 5.58. The lowest BCUT2D eigenvalue weighted by molar-refractivity contribution is 0.249. The average molecular weight is 346 g/mol. The van der Waals surface area contributed by atoms with Crippen molar-refractivity contribution in [1.82, 2.24) is 5.32 Å². The van der Waals surface area contributed by atoms with Gasteiger partial charge in [0.1, 0.15) is 9.84 Å². The smallest absolute Gasteiger partial charge is 0.319 e. The highest BCUT2D eigenvalue weighted by molar-refractivity contribution is 7.90. The molecule has 2 aromatic rings. The zero-order chi connectivity index (χ0) is 17.7. The first-order chi connectivity index (χ1) is 11.3. The SMILES string of the molecule is Cc1cccc(C)c1NC(=O)NC(CS(C)(=O)=O)c1ccccc1. The van der Waals surface area contributed by atoms with E-state index in [2.05, 4.69) is 10.6 Å². The van der Waals surface area contributed by atoms with Gasteiger partial charge in [-0.1, -0.05) is 48.5 Å². The number of para-hydroxylation sites is 1. The molecule has 0 saturated heterocycles. The minimum Gasteiger partial charge on any atom is -0.330 e. The molecular formula is C18H22N2O3S. The number of nitrogens with one attached hydrogen (secondary N) is 2. The molecule has 0 saturated carbocycles. The van der Waals surface area contributed by atoms with E-state index in [0.717, 1.165) is 28.6 Å². The Bertz CT molecular complexity index is 797. The summed E-state index contributed by atoms with van der Waals surface area (Å²) in [5.41, 5.74) is 3.38. The molecule has 128 valence electrons. The number of amides is 2. The second-order valence-corrected chi connectivity index (χ2v) is 8.11. The van der Waals surface area contributed by atoms with Gasteiger partial charge < -0.3 is 10.6 Å². The van der Waals surface area contributed by atoms with Crippen LogP contribution in [0.25, 0.3) is 0 Å². The molecule has 0 aromatic heterocycles. The number of benzene rings is 2. The van der Waals surface area contributed by atoms with Gasteiger partial charge in [-0.3, -0.25) is 0 Å². The van der Waals surface area contributed by atoms with Crippen molar-refractivity contribution in [1.29, 1.82) is 0 Å². The lowest BCUT2D eigenvalue weighted by atomic mass is 10.1. The van der Waals surface area contributed by atoms with Crippen LogP contribution in [0.3, 0.4) is 0 Å². The molecular weight excluding hydrogens is 324 g/mol. The lowest BCUT2D eigenvalue weighted by Gasteiger charge is -2.20. The molecule has 6 heteroatoms. The van der Waals surface area contributed by atoms with E-state index >= 15 is 0 Å². The maximum atomic E-state index is 12.4. The van der Waals surface area contributed by atoms with Crippen molar-refractivity contribution in [2.24, 2.45) is 0 Å². The van der Waals surface area contributed by atoms with Crippen LogP contribution >= 0.6 is 0 Å². The molecule has 0 bridgehead atoms. The summed E-state index contributed by atoms with van der Waals surface area (Å²) in [6.45, 7) is 3.82. The van der Waals surface area contributed by atoms with Crippen LogP contribution < -0.4 is 10.6 Å². The Labute approximate surface area is 143 Å². The number of sulfone groups is 1. The van der Waals surface area contributed by atoms with Crippen LogP contribution in [-0.4, -0.2) is 26.5 Å². The third kappa shape index (κ3) is 5.09. The molecule has 0 spiro atoms. The van der Waals surface area contributed by atoms with E-state index in [9.17, 15) is 13.2 Å². The number of carbonyl (C=O) groups is 1. The van der Waals surface area contributed by atoms with Gasteiger partial charge in [0, 0.05) is 11.9 Å². The van der Waals surface area contributed by atoms with Crippen molar-refractivity contribution in [2.75, 3.05) is 17.3 Å². The summed E-state index contributed by atoms with van der Waals surface area (Å²) in [6, 6.07) is 13.8. The van der Waals surface area contributed by atoms with E-state index in [1.54, 1.807) is 12.1 Å². The second kappa shape index (κ2) is 7.49. The summed E-state index contributed by atoms with van der Waals surface area (Å²) in [5.74, 6) is -0.156. The molecule has 0 radical (unpaired) electrons. The number of rotatable bonds is 5. The number of aryl methyl sites for hydroxylation is 2. The van der Waals surface area contributed by atoms with Crippen molar-refractivity contribution in [3.63, 3.8) is 0 Å². The molecule has 0 aliphatic carbocycles. The quantitative estimate of drug-likeness (QED) is 0.873. The molecule has 0 heterocycles. The van der Waals surface area contributed by atoms with Crippen molar-refractivity contribution in [3.8, 4) is 0 Å². The van der Waals surface area contributed by atoms with E-state index in [4.69, 9.17) is 0 Å². The molecule has 0 aliphatic heterocycles. The molecule has 2 aromatic carbocycles. The Kier molecular flexibility index (Phi) is 5.62. The monoisotopic (exact) mass is 346 g/mol. The van der Waals surface area contributed by atoms with Gasteiger partial charge in [0.25, 0.3) is 0 Å². The maximum absolute atomic E-state index is 12.4. The lowest BCUT2D eigenvalue weighted by Crippen LogP contribution is -2.36. The Morgan fingerprint density at radius 1 is 1.00 bits per heavy atom. The van der Waals surface area contributed by atoms with Gasteiger partial charge in [-0.25, -0.2) is 13.2 Å². The number of hydrogen-bond acceptors (Lipinski definition) is 3. The van der Waals surface area contributed by atoms with E-state index in [1.807, 2.05) is 50.2 Å². The standard InChI is InChI=1S/C18H22N2O3S/c1-13-8-7-9-14(2)17(13)20-18(21)19-16(12-24(3,22)23)15-10-5-4-6-11-15/h4-11,16H,12H2,1-3H3,(H2,19,20,21). The van der Waals surface area contributed by atoms with Crippen LogP contribution in [0.15, 0.2) is 48.5 Å². The summed E-state index contributed by atoms with van der Waals surface area (Å²) >= 11 is 0. The van der Waals surface area contributed by atoms with E-state index in [-0.39, 0.29) is 5.75 Å². The first kappa shape index (κ1) is 18.0. The third-order valence-electron chi connectivity index (χ3n) is 3.70. The predicted molar refractivity (Wildman–Crippen MR) is 97.0 cm³/mol. The van der Waals surface area contributed by atoms with Crippen molar-refractivity contribution in [2.45, 2.75) is 19.9 Å². The maximum Gasteiger partial charge on any atom is 0.319 e. The summed E-state index contributed by atoms with van der Waals surface area (Å²) < 4.78 is 23.4. The number of anilines is 1. The van der Waals surface area contributed by atoms with E-state index < -0.39 is 21.9 Å². The van der Waals surface area contributed by atoms with Gasteiger partial charge in [-0.05, 0) is 30.5 Å². The first-order valence-corrected chi connectivity index (χ1v) is 9.69. The van der Waals surface area contributed by atoms with Crippen LogP contribution in [0.5, 0.6) is 0 Å². The van der Waals surface area contributed by atoms with Crippen LogP contribution in [0, 0.1) is 13.8 Å². The Morgan fingerprint density at radius 3 is 2.12 bits per heavy atom. The average Bonchev–Trinajstić information content (AvgIpc) is 2.50. The Morgan fingerprint density at radius 2 is 1.58 bits per heavy atom. The highest BCUT2D eigenvalue weighted by Crippen LogP contribution is 2.20. The molecule has 0 fully saturated rings.